The second kappa shape index (κ2) is 8.71. The average Bonchev–Trinajstić information content (AvgIpc) is 3.23. The summed E-state index contributed by atoms with van der Waals surface area (Å²) < 4.78 is 7.07. The number of hydrogen-bond donors (Lipinski definition) is 1. The van der Waals surface area contributed by atoms with Crippen LogP contribution in [0.5, 0.6) is 5.75 Å². The van der Waals surface area contributed by atoms with Crippen molar-refractivity contribution in [2.75, 3.05) is 26.0 Å². The lowest BCUT2D eigenvalue weighted by molar-refractivity contribution is -0.116. The van der Waals surface area contributed by atoms with Gasteiger partial charge in [-0.1, -0.05) is 12.1 Å². The Morgan fingerprint density at radius 3 is 2.42 bits per heavy atom. The third-order valence-electron chi connectivity index (χ3n) is 4.95. The normalized spacial score (nSPS) is 10.6. The number of benzene rings is 3. The van der Waals surface area contributed by atoms with Crippen LogP contribution in [0.25, 0.3) is 16.7 Å². The van der Waals surface area contributed by atoms with E-state index in [4.69, 9.17) is 4.74 Å². The number of carbonyl (C=O) groups excluding carboxylic acids is 2. The summed E-state index contributed by atoms with van der Waals surface area (Å²) in [5.74, 6) is 0.201. The minimum absolute atomic E-state index is 0.0568. The molecular weight excluding hydrogens is 392 g/mol. The summed E-state index contributed by atoms with van der Waals surface area (Å²) in [6, 6.07) is 22.1. The fourth-order valence-electron chi connectivity index (χ4n) is 3.31. The second-order valence-corrected chi connectivity index (χ2v) is 7.09. The molecule has 7 heteroatoms. The third-order valence-corrected chi connectivity index (χ3v) is 4.95. The first-order valence-corrected chi connectivity index (χ1v) is 9.77. The van der Waals surface area contributed by atoms with Crippen LogP contribution in [0, 0.1) is 0 Å². The molecule has 0 spiro atoms. The van der Waals surface area contributed by atoms with E-state index >= 15 is 0 Å². The molecule has 2 amide bonds. The molecule has 0 aliphatic carbocycles. The van der Waals surface area contributed by atoms with Crippen LogP contribution in [0.1, 0.15) is 10.4 Å². The minimum Gasteiger partial charge on any atom is -0.497 e. The van der Waals surface area contributed by atoms with Crippen molar-refractivity contribution in [1.82, 2.24) is 14.5 Å². The molecule has 0 bridgehead atoms. The van der Waals surface area contributed by atoms with Crippen molar-refractivity contribution < 1.29 is 14.3 Å². The molecule has 0 unspecified atom stereocenters. The smallest absolute Gasteiger partial charge is 0.254 e. The van der Waals surface area contributed by atoms with Gasteiger partial charge in [0.05, 0.1) is 24.7 Å². The standard InChI is InChI=1S/C24H22N4O3/c1-27(15-23(29)26-18-9-13-20(31-2)14-10-18)24(30)17-7-11-19(12-8-17)28-16-25-21-5-3-4-6-22(21)28/h3-14,16H,15H2,1-2H3,(H,26,29). The van der Waals surface area contributed by atoms with Gasteiger partial charge in [0, 0.05) is 24.0 Å². The molecule has 0 aliphatic heterocycles. The quantitative estimate of drug-likeness (QED) is 0.521. The first kappa shape index (κ1) is 20.2. The van der Waals surface area contributed by atoms with Gasteiger partial charge in [-0.15, -0.1) is 0 Å². The van der Waals surface area contributed by atoms with Crippen LogP contribution in [0.4, 0.5) is 5.69 Å². The van der Waals surface area contributed by atoms with Gasteiger partial charge in [0.2, 0.25) is 5.91 Å². The Balaban J connectivity index is 1.40. The summed E-state index contributed by atoms with van der Waals surface area (Å²) >= 11 is 0. The SMILES string of the molecule is COc1ccc(NC(=O)CN(C)C(=O)c2ccc(-n3cnc4ccccc43)cc2)cc1. The Bertz CT molecular complexity index is 1210. The Hall–Kier alpha value is -4.13. The van der Waals surface area contributed by atoms with Crippen molar-refractivity contribution in [1.29, 1.82) is 0 Å². The van der Waals surface area contributed by atoms with Gasteiger partial charge >= 0.3 is 0 Å². The predicted molar refractivity (Wildman–Crippen MR) is 120 cm³/mol. The summed E-state index contributed by atoms with van der Waals surface area (Å²) in [5, 5.41) is 2.78. The molecule has 1 heterocycles. The maximum Gasteiger partial charge on any atom is 0.254 e. The molecule has 1 N–H and O–H groups in total. The van der Waals surface area contributed by atoms with Gasteiger partial charge in [0.15, 0.2) is 0 Å². The highest BCUT2D eigenvalue weighted by molar-refractivity contribution is 5.99. The zero-order valence-electron chi connectivity index (χ0n) is 17.3. The molecular formula is C24H22N4O3. The van der Waals surface area contributed by atoms with Gasteiger partial charge in [-0.25, -0.2) is 4.98 Å². The Kier molecular flexibility index (Phi) is 5.66. The maximum absolute atomic E-state index is 12.7. The summed E-state index contributed by atoms with van der Waals surface area (Å²) in [6.45, 7) is -0.0568. The molecule has 0 radical (unpaired) electrons. The molecule has 0 atom stereocenters. The van der Waals surface area contributed by atoms with Crippen LogP contribution in [0.3, 0.4) is 0 Å². The highest BCUT2D eigenvalue weighted by Gasteiger charge is 2.15. The lowest BCUT2D eigenvalue weighted by atomic mass is 10.1. The summed E-state index contributed by atoms with van der Waals surface area (Å²) in [4.78, 5) is 30.8. The molecule has 0 saturated heterocycles. The van der Waals surface area contributed by atoms with E-state index in [9.17, 15) is 9.59 Å². The number of amides is 2. The molecule has 4 aromatic rings. The Labute approximate surface area is 179 Å². The van der Waals surface area contributed by atoms with E-state index in [1.165, 1.54) is 4.90 Å². The number of imidazole rings is 1. The molecule has 0 saturated carbocycles. The summed E-state index contributed by atoms with van der Waals surface area (Å²) in [6.07, 6.45) is 1.76. The van der Waals surface area contributed by atoms with Gasteiger partial charge in [-0.3, -0.25) is 14.2 Å². The molecule has 156 valence electrons. The average molecular weight is 414 g/mol. The number of hydrogen-bond acceptors (Lipinski definition) is 4. The van der Waals surface area contributed by atoms with Crippen molar-refractivity contribution in [2.45, 2.75) is 0 Å². The number of likely N-dealkylation sites (N-methyl/N-ethyl adjacent to an activating group) is 1. The minimum atomic E-state index is -0.275. The van der Waals surface area contributed by atoms with E-state index in [-0.39, 0.29) is 18.4 Å². The number of methoxy groups -OCH3 is 1. The number of anilines is 1. The van der Waals surface area contributed by atoms with Gasteiger partial charge in [-0.05, 0) is 60.7 Å². The zero-order chi connectivity index (χ0) is 21.8. The largest absolute Gasteiger partial charge is 0.497 e. The summed E-state index contributed by atoms with van der Waals surface area (Å²) in [5.41, 5.74) is 3.96. The lowest BCUT2D eigenvalue weighted by Gasteiger charge is -2.17. The molecule has 1 aromatic heterocycles. The Morgan fingerprint density at radius 2 is 1.71 bits per heavy atom. The monoisotopic (exact) mass is 414 g/mol. The van der Waals surface area contributed by atoms with Crippen LogP contribution in [0.15, 0.2) is 79.1 Å². The van der Waals surface area contributed by atoms with Crippen LogP contribution in [-0.4, -0.2) is 47.0 Å². The maximum atomic E-state index is 12.7. The number of para-hydroxylation sites is 2. The van der Waals surface area contributed by atoms with Crippen molar-refractivity contribution in [2.24, 2.45) is 0 Å². The third kappa shape index (κ3) is 4.40. The Morgan fingerprint density at radius 1 is 1.00 bits per heavy atom. The number of nitrogens with one attached hydrogen (secondary N) is 1. The van der Waals surface area contributed by atoms with Crippen molar-refractivity contribution in [3.8, 4) is 11.4 Å². The number of aromatic nitrogens is 2. The molecule has 3 aromatic carbocycles. The van der Waals surface area contributed by atoms with Crippen LogP contribution >= 0.6 is 0 Å². The lowest BCUT2D eigenvalue weighted by Crippen LogP contribution is -2.34. The van der Waals surface area contributed by atoms with E-state index in [1.54, 1.807) is 56.9 Å². The van der Waals surface area contributed by atoms with E-state index in [1.807, 2.05) is 41.0 Å². The van der Waals surface area contributed by atoms with Crippen LogP contribution < -0.4 is 10.1 Å². The fraction of sp³-hybridized carbons (Fsp3) is 0.125. The van der Waals surface area contributed by atoms with Crippen molar-refractivity contribution in [3.63, 3.8) is 0 Å². The second-order valence-electron chi connectivity index (χ2n) is 7.09. The number of nitrogens with zero attached hydrogens (tertiary/aromatic N) is 3. The van der Waals surface area contributed by atoms with Gasteiger partial charge in [-0.2, -0.15) is 0 Å². The van der Waals surface area contributed by atoms with E-state index in [2.05, 4.69) is 10.3 Å². The van der Waals surface area contributed by atoms with Gasteiger partial charge < -0.3 is 15.0 Å². The van der Waals surface area contributed by atoms with E-state index < -0.39 is 0 Å². The van der Waals surface area contributed by atoms with Gasteiger partial charge in [0.25, 0.3) is 5.91 Å². The van der Waals surface area contributed by atoms with Gasteiger partial charge in [0.1, 0.15) is 12.1 Å². The zero-order valence-corrected chi connectivity index (χ0v) is 17.3. The molecule has 31 heavy (non-hydrogen) atoms. The molecule has 0 aliphatic rings. The van der Waals surface area contributed by atoms with Crippen molar-refractivity contribution >= 4 is 28.5 Å². The fourth-order valence-corrected chi connectivity index (χ4v) is 3.31. The summed E-state index contributed by atoms with van der Waals surface area (Å²) in [7, 11) is 3.19. The molecule has 0 fully saturated rings. The number of carbonyl (C=O) groups is 2. The van der Waals surface area contributed by atoms with Crippen molar-refractivity contribution in [3.05, 3.63) is 84.7 Å². The number of rotatable bonds is 6. The highest BCUT2D eigenvalue weighted by Crippen LogP contribution is 2.19. The van der Waals surface area contributed by atoms with E-state index in [0.717, 1.165) is 16.7 Å². The number of fused-ring (bicyclic) bond motifs is 1. The first-order valence-electron chi connectivity index (χ1n) is 9.77. The van der Waals surface area contributed by atoms with Crippen LogP contribution in [0.2, 0.25) is 0 Å². The first-order chi connectivity index (χ1) is 15.0. The molecule has 7 nitrogen and oxygen atoms in total. The molecule has 4 rings (SSSR count). The topological polar surface area (TPSA) is 76.5 Å². The van der Waals surface area contributed by atoms with Crippen LogP contribution in [-0.2, 0) is 4.79 Å². The highest BCUT2D eigenvalue weighted by atomic mass is 16.5. The predicted octanol–water partition coefficient (Wildman–Crippen LogP) is 3.74. The number of ether oxygens (including phenoxy) is 1. The van der Waals surface area contributed by atoms with E-state index in [0.29, 0.717) is 17.0 Å².